The molecule has 3 heteroatoms. The second-order valence-electron chi connectivity index (χ2n) is 6.21. The zero-order valence-electron chi connectivity index (χ0n) is 11.6. The van der Waals surface area contributed by atoms with Crippen molar-refractivity contribution in [2.45, 2.75) is 64.3 Å². The van der Waals surface area contributed by atoms with E-state index in [0.717, 1.165) is 19.4 Å². The van der Waals surface area contributed by atoms with Crippen molar-refractivity contribution in [3.05, 3.63) is 0 Å². The maximum atomic E-state index is 10.3. The quantitative estimate of drug-likeness (QED) is 0.801. The Labute approximate surface area is 105 Å². The molecule has 0 aromatic rings. The van der Waals surface area contributed by atoms with Crippen LogP contribution < -0.4 is 0 Å². The molecule has 100 valence electrons. The lowest BCUT2D eigenvalue weighted by Crippen LogP contribution is -2.54. The molecule has 0 spiro atoms. The van der Waals surface area contributed by atoms with Crippen molar-refractivity contribution >= 4 is 0 Å². The molecule has 0 amide bonds. The third-order valence-electron chi connectivity index (χ3n) is 4.72. The van der Waals surface area contributed by atoms with Gasteiger partial charge in [-0.3, -0.25) is 4.90 Å². The van der Waals surface area contributed by atoms with Crippen LogP contribution in [0.2, 0.25) is 0 Å². The number of likely N-dealkylation sites (N-methyl/N-ethyl adjacent to an activating group) is 1. The van der Waals surface area contributed by atoms with E-state index >= 15 is 0 Å². The van der Waals surface area contributed by atoms with Gasteiger partial charge < -0.3 is 9.84 Å². The first kappa shape index (κ1) is 13.3. The summed E-state index contributed by atoms with van der Waals surface area (Å²) in [4.78, 5) is 2.39. The van der Waals surface area contributed by atoms with Crippen molar-refractivity contribution in [3.63, 3.8) is 0 Å². The van der Waals surface area contributed by atoms with Crippen LogP contribution in [0.15, 0.2) is 0 Å². The number of aliphatic hydroxyl groups excluding tert-OH is 1. The molecule has 17 heavy (non-hydrogen) atoms. The molecule has 2 fully saturated rings. The van der Waals surface area contributed by atoms with Gasteiger partial charge in [-0.25, -0.2) is 0 Å². The summed E-state index contributed by atoms with van der Waals surface area (Å²) in [5.41, 5.74) is 0. The molecular formula is C14H27NO2. The molecule has 2 rings (SSSR count). The van der Waals surface area contributed by atoms with E-state index in [-0.39, 0.29) is 6.10 Å². The minimum Gasteiger partial charge on any atom is -0.391 e. The highest BCUT2D eigenvalue weighted by Gasteiger charge is 2.40. The highest BCUT2D eigenvalue weighted by atomic mass is 16.5. The van der Waals surface area contributed by atoms with E-state index in [4.69, 9.17) is 4.74 Å². The van der Waals surface area contributed by atoms with Gasteiger partial charge in [0.25, 0.3) is 0 Å². The van der Waals surface area contributed by atoms with Crippen LogP contribution in [-0.4, -0.2) is 48.0 Å². The van der Waals surface area contributed by atoms with Crippen LogP contribution in [0.4, 0.5) is 0 Å². The predicted molar refractivity (Wildman–Crippen MR) is 68.9 cm³/mol. The van der Waals surface area contributed by atoms with Crippen LogP contribution in [0, 0.1) is 11.8 Å². The second kappa shape index (κ2) is 5.25. The Morgan fingerprint density at radius 2 is 1.88 bits per heavy atom. The van der Waals surface area contributed by atoms with E-state index in [0.29, 0.717) is 30.0 Å². The molecule has 0 aromatic heterocycles. The molecule has 2 aliphatic rings. The van der Waals surface area contributed by atoms with Gasteiger partial charge in [-0.1, -0.05) is 13.8 Å². The second-order valence-corrected chi connectivity index (χ2v) is 6.21. The molecule has 1 saturated carbocycles. The molecule has 1 aliphatic heterocycles. The van der Waals surface area contributed by atoms with Crippen molar-refractivity contribution in [2.75, 3.05) is 13.7 Å². The van der Waals surface area contributed by atoms with Gasteiger partial charge in [0.05, 0.1) is 12.2 Å². The van der Waals surface area contributed by atoms with Gasteiger partial charge in [0, 0.05) is 18.7 Å². The first-order chi connectivity index (χ1) is 8.00. The Kier molecular flexibility index (Phi) is 4.11. The van der Waals surface area contributed by atoms with Crippen molar-refractivity contribution in [1.29, 1.82) is 0 Å². The van der Waals surface area contributed by atoms with Crippen molar-refractivity contribution in [3.8, 4) is 0 Å². The van der Waals surface area contributed by atoms with Gasteiger partial charge >= 0.3 is 0 Å². The van der Waals surface area contributed by atoms with E-state index in [2.05, 4.69) is 32.7 Å². The third kappa shape index (κ3) is 2.67. The standard InChI is InChI=1S/C14H27NO2/c1-9-7-10(2)14(13(16)8-9)15(4)12-5-6-17-11(12)3/h9-14,16H,5-8H2,1-4H3. The molecule has 0 bridgehead atoms. The summed E-state index contributed by atoms with van der Waals surface area (Å²) < 4.78 is 5.65. The largest absolute Gasteiger partial charge is 0.391 e. The van der Waals surface area contributed by atoms with Gasteiger partial charge in [0.2, 0.25) is 0 Å². The number of aliphatic hydroxyl groups is 1. The van der Waals surface area contributed by atoms with Gasteiger partial charge in [-0.05, 0) is 45.1 Å². The van der Waals surface area contributed by atoms with Crippen molar-refractivity contribution < 1.29 is 9.84 Å². The van der Waals surface area contributed by atoms with Crippen LogP contribution in [0.5, 0.6) is 0 Å². The summed E-state index contributed by atoms with van der Waals surface area (Å²) in [5, 5.41) is 10.3. The smallest absolute Gasteiger partial charge is 0.0703 e. The normalized spacial score (nSPS) is 47.6. The minimum absolute atomic E-state index is 0.174. The maximum Gasteiger partial charge on any atom is 0.0703 e. The fourth-order valence-corrected chi connectivity index (χ4v) is 3.95. The van der Waals surface area contributed by atoms with Crippen LogP contribution >= 0.6 is 0 Å². The van der Waals surface area contributed by atoms with E-state index in [9.17, 15) is 5.11 Å². The average molecular weight is 241 g/mol. The lowest BCUT2D eigenvalue weighted by molar-refractivity contribution is -0.0408. The molecule has 6 unspecified atom stereocenters. The Balaban J connectivity index is 2.04. The van der Waals surface area contributed by atoms with Crippen LogP contribution in [0.25, 0.3) is 0 Å². The maximum absolute atomic E-state index is 10.3. The van der Waals surface area contributed by atoms with E-state index in [1.165, 1.54) is 6.42 Å². The Morgan fingerprint density at radius 3 is 2.41 bits per heavy atom. The number of ether oxygens (including phenoxy) is 1. The van der Waals surface area contributed by atoms with Gasteiger partial charge in [0.1, 0.15) is 0 Å². The number of hydrogen-bond donors (Lipinski definition) is 1. The van der Waals surface area contributed by atoms with Gasteiger partial charge in [-0.2, -0.15) is 0 Å². The molecule has 6 atom stereocenters. The van der Waals surface area contributed by atoms with Crippen LogP contribution in [0.3, 0.4) is 0 Å². The topological polar surface area (TPSA) is 32.7 Å². The molecule has 1 N–H and O–H groups in total. The highest BCUT2D eigenvalue weighted by Crippen LogP contribution is 2.34. The van der Waals surface area contributed by atoms with Crippen molar-refractivity contribution in [1.82, 2.24) is 4.90 Å². The van der Waals surface area contributed by atoms with Crippen molar-refractivity contribution in [2.24, 2.45) is 11.8 Å². The first-order valence-electron chi connectivity index (χ1n) is 7.02. The summed E-state index contributed by atoms with van der Waals surface area (Å²) in [6.07, 6.45) is 3.41. The predicted octanol–water partition coefficient (Wildman–Crippen LogP) is 1.89. The first-order valence-corrected chi connectivity index (χ1v) is 7.02. The third-order valence-corrected chi connectivity index (χ3v) is 4.72. The highest BCUT2D eigenvalue weighted by molar-refractivity contribution is 4.93. The summed E-state index contributed by atoms with van der Waals surface area (Å²) in [6, 6.07) is 0.783. The summed E-state index contributed by atoms with van der Waals surface area (Å²) in [6.45, 7) is 7.54. The van der Waals surface area contributed by atoms with E-state index < -0.39 is 0 Å². The van der Waals surface area contributed by atoms with Crippen LogP contribution in [0.1, 0.15) is 40.0 Å². The van der Waals surface area contributed by atoms with Crippen LogP contribution in [-0.2, 0) is 4.74 Å². The summed E-state index contributed by atoms with van der Waals surface area (Å²) >= 11 is 0. The van der Waals surface area contributed by atoms with Gasteiger partial charge in [0.15, 0.2) is 0 Å². The molecule has 3 nitrogen and oxygen atoms in total. The fraction of sp³-hybridized carbons (Fsp3) is 1.00. The number of rotatable bonds is 2. The van der Waals surface area contributed by atoms with E-state index in [1.807, 2.05) is 0 Å². The Bertz CT molecular complexity index is 247. The zero-order chi connectivity index (χ0) is 12.6. The molecule has 0 radical (unpaired) electrons. The lowest BCUT2D eigenvalue weighted by atomic mass is 9.77. The molecule has 1 aliphatic carbocycles. The molecule has 0 aromatic carbocycles. The zero-order valence-corrected chi connectivity index (χ0v) is 11.6. The van der Waals surface area contributed by atoms with Gasteiger partial charge in [-0.15, -0.1) is 0 Å². The summed E-state index contributed by atoms with van der Waals surface area (Å²) in [5.74, 6) is 1.23. The monoisotopic (exact) mass is 241 g/mol. The molecular weight excluding hydrogens is 214 g/mol. The number of hydrogen-bond acceptors (Lipinski definition) is 3. The van der Waals surface area contributed by atoms with E-state index in [1.54, 1.807) is 0 Å². The lowest BCUT2D eigenvalue weighted by Gasteiger charge is -2.45. The average Bonchev–Trinajstić information content (AvgIpc) is 2.62. The number of nitrogens with zero attached hydrogens (tertiary/aromatic N) is 1. The minimum atomic E-state index is -0.174. The Hall–Kier alpha value is -0.120. The fourth-order valence-electron chi connectivity index (χ4n) is 3.95. The SMILES string of the molecule is CC1CC(C)C(N(C)C2CCOC2C)C(O)C1. The Morgan fingerprint density at radius 1 is 1.18 bits per heavy atom. The molecule has 1 heterocycles. The summed E-state index contributed by atoms with van der Waals surface area (Å²) in [7, 11) is 2.16. The molecule has 1 saturated heterocycles.